The second kappa shape index (κ2) is 7.79. The summed E-state index contributed by atoms with van der Waals surface area (Å²) in [5.74, 6) is 0.545. The molecule has 2 aliphatic rings. The standard InChI is InChI=1S/C17H29N3O3/c1-13(2)7-5-11-18-14(21)8-6-12-20-15(22)17(19-16(20)23)9-3-4-10-17/h13H,3-12H2,1-2H3,(H,18,21)(H,19,23). The van der Waals surface area contributed by atoms with Gasteiger partial charge in [0.2, 0.25) is 5.91 Å². The molecule has 1 heterocycles. The Hall–Kier alpha value is -1.59. The van der Waals surface area contributed by atoms with Gasteiger partial charge in [-0.05, 0) is 38.0 Å². The Labute approximate surface area is 138 Å². The third-order valence-corrected chi connectivity index (χ3v) is 4.77. The molecule has 0 aromatic rings. The van der Waals surface area contributed by atoms with Crippen LogP contribution in [0.1, 0.15) is 65.2 Å². The smallest absolute Gasteiger partial charge is 0.325 e. The Morgan fingerprint density at radius 2 is 1.96 bits per heavy atom. The molecule has 2 fully saturated rings. The van der Waals surface area contributed by atoms with Gasteiger partial charge in [0.05, 0.1) is 0 Å². The van der Waals surface area contributed by atoms with Crippen molar-refractivity contribution in [2.75, 3.05) is 13.1 Å². The van der Waals surface area contributed by atoms with Crippen molar-refractivity contribution < 1.29 is 14.4 Å². The first-order chi connectivity index (χ1) is 10.9. The van der Waals surface area contributed by atoms with E-state index in [9.17, 15) is 14.4 Å². The Kier molecular flexibility index (Phi) is 6.02. The van der Waals surface area contributed by atoms with Crippen molar-refractivity contribution >= 4 is 17.8 Å². The van der Waals surface area contributed by atoms with E-state index in [4.69, 9.17) is 0 Å². The molecule has 23 heavy (non-hydrogen) atoms. The minimum Gasteiger partial charge on any atom is -0.356 e. The third kappa shape index (κ3) is 4.45. The molecule has 1 aliphatic heterocycles. The molecule has 2 N–H and O–H groups in total. The van der Waals surface area contributed by atoms with Crippen LogP contribution in [0.15, 0.2) is 0 Å². The monoisotopic (exact) mass is 323 g/mol. The van der Waals surface area contributed by atoms with Gasteiger partial charge in [0.25, 0.3) is 5.91 Å². The van der Waals surface area contributed by atoms with Crippen molar-refractivity contribution in [1.82, 2.24) is 15.5 Å². The van der Waals surface area contributed by atoms with Crippen LogP contribution >= 0.6 is 0 Å². The molecule has 0 unspecified atom stereocenters. The molecule has 130 valence electrons. The number of nitrogens with one attached hydrogen (secondary N) is 2. The molecule has 0 aromatic carbocycles. The number of imide groups is 1. The molecule has 1 saturated carbocycles. The predicted octanol–water partition coefficient (Wildman–Crippen LogP) is 2.18. The second-order valence-electron chi connectivity index (χ2n) is 7.17. The maximum absolute atomic E-state index is 12.4. The molecular formula is C17H29N3O3. The summed E-state index contributed by atoms with van der Waals surface area (Å²) in [5.41, 5.74) is -0.643. The van der Waals surface area contributed by atoms with Gasteiger partial charge in [-0.1, -0.05) is 26.7 Å². The Bertz CT molecular complexity index is 456. The van der Waals surface area contributed by atoms with Crippen LogP contribution in [0.25, 0.3) is 0 Å². The number of rotatable bonds is 8. The van der Waals surface area contributed by atoms with Crippen LogP contribution in [0, 0.1) is 5.92 Å². The number of carbonyl (C=O) groups is 3. The summed E-state index contributed by atoms with van der Waals surface area (Å²) >= 11 is 0. The van der Waals surface area contributed by atoms with Crippen molar-refractivity contribution in [2.24, 2.45) is 5.92 Å². The number of nitrogens with zero attached hydrogens (tertiary/aromatic N) is 1. The second-order valence-corrected chi connectivity index (χ2v) is 7.17. The SMILES string of the molecule is CC(C)CCCNC(=O)CCCN1C(=O)NC2(CCCC2)C1=O. The highest BCUT2D eigenvalue weighted by Crippen LogP contribution is 2.35. The minimum absolute atomic E-state index is 0.00334. The highest BCUT2D eigenvalue weighted by molar-refractivity contribution is 6.07. The molecular weight excluding hydrogens is 294 g/mol. The molecule has 6 heteroatoms. The first-order valence-electron chi connectivity index (χ1n) is 8.85. The van der Waals surface area contributed by atoms with Gasteiger partial charge in [-0.2, -0.15) is 0 Å². The van der Waals surface area contributed by atoms with Crippen LogP contribution in [0.4, 0.5) is 4.79 Å². The van der Waals surface area contributed by atoms with Crippen LogP contribution in [-0.4, -0.2) is 41.4 Å². The van der Waals surface area contributed by atoms with Gasteiger partial charge in [-0.3, -0.25) is 14.5 Å². The average molecular weight is 323 g/mol. The van der Waals surface area contributed by atoms with Crippen LogP contribution < -0.4 is 10.6 Å². The van der Waals surface area contributed by atoms with Crippen molar-refractivity contribution in [3.05, 3.63) is 0 Å². The lowest BCUT2D eigenvalue weighted by molar-refractivity contribution is -0.131. The highest BCUT2D eigenvalue weighted by Gasteiger charge is 2.51. The van der Waals surface area contributed by atoms with Crippen molar-refractivity contribution in [1.29, 1.82) is 0 Å². The topological polar surface area (TPSA) is 78.5 Å². The summed E-state index contributed by atoms with van der Waals surface area (Å²) in [6.07, 6.45) is 6.41. The van der Waals surface area contributed by atoms with Gasteiger partial charge < -0.3 is 10.6 Å². The normalized spacial score (nSPS) is 19.7. The minimum atomic E-state index is -0.643. The van der Waals surface area contributed by atoms with Gasteiger partial charge in [-0.25, -0.2) is 4.79 Å². The zero-order valence-corrected chi connectivity index (χ0v) is 14.3. The van der Waals surface area contributed by atoms with Crippen molar-refractivity contribution in [3.63, 3.8) is 0 Å². The maximum atomic E-state index is 12.4. The average Bonchev–Trinajstić information content (AvgIpc) is 3.04. The van der Waals surface area contributed by atoms with E-state index >= 15 is 0 Å². The number of urea groups is 1. The summed E-state index contributed by atoms with van der Waals surface area (Å²) in [4.78, 5) is 37.5. The molecule has 4 amide bonds. The fourth-order valence-electron chi connectivity index (χ4n) is 3.42. The first kappa shape index (κ1) is 17.8. The first-order valence-corrected chi connectivity index (χ1v) is 8.85. The van der Waals surface area contributed by atoms with E-state index in [0.29, 0.717) is 31.8 Å². The van der Waals surface area contributed by atoms with Gasteiger partial charge in [0.1, 0.15) is 5.54 Å². The molecule has 2 rings (SSSR count). The molecule has 0 radical (unpaired) electrons. The summed E-state index contributed by atoms with van der Waals surface area (Å²) in [7, 11) is 0. The van der Waals surface area contributed by atoms with Crippen LogP contribution in [0.2, 0.25) is 0 Å². The summed E-state index contributed by atoms with van der Waals surface area (Å²) < 4.78 is 0. The van der Waals surface area contributed by atoms with Gasteiger partial charge in [0.15, 0.2) is 0 Å². The summed E-state index contributed by atoms with van der Waals surface area (Å²) in [5, 5.41) is 5.75. The lowest BCUT2D eigenvalue weighted by atomic mass is 9.98. The maximum Gasteiger partial charge on any atom is 0.325 e. The number of carbonyl (C=O) groups excluding carboxylic acids is 3. The molecule has 0 bridgehead atoms. The number of hydrogen-bond acceptors (Lipinski definition) is 3. The quantitative estimate of drug-likeness (QED) is 0.531. The number of amides is 4. The van der Waals surface area contributed by atoms with E-state index < -0.39 is 5.54 Å². The van der Waals surface area contributed by atoms with Gasteiger partial charge >= 0.3 is 6.03 Å². The zero-order valence-electron chi connectivity index (χ0n) is 14.3. The Morgan fingerprint density at radius 1 is 1.26 bits per heavy atom. The highest BCUT2D eigenvalue weighted by atomic mass is 16.2. The van der Waals surface area contributed by atoms with E-state index in [1.165, 1.54) is 4.90 Å². The molecule has 0 aromatic heterocycles. The zero-order chi connectivity index (χ0) is 16.9. The Balaban J connectivity index is 1.67. The third-order valence-electron chi connectivity index (χ3n) is 4.77. The molecule has 1 aliphatic carbocycles. The Morgan fingerprint density at radius 3 is 2.61 bits per heavy atom. The summed E-state index contributed by atoms with van der Waals surface area (Å²) in [6, 6.07) is -0.297. The van der Waals surface area contributed by atoms with Gasteiger partial charge in [0, 0.05) is 19.5 Å². The van der Waals surface area contributed by atoms with Crippen molar-refractivity contribution in [2.45, 2.75) is 70.8 Å². The van der Waals surface area contributed by atoms with E-state index in [-0.39, 0.29) is 17.8 Å². The van der Waals surface area contributed by atoms with E-state index in [2.05, 4.69) is 24.5 Å². The van der Waals surface area contributed by atoms with E-state index in [1.807, 2.05) is 0 Å². The van der Waals surface area contributed by atoms with E-state index in [0.717, 1.165) is 38.5 Å². The molecule has 6 nitrogen and oxygen atoms in total. The van der Waals surface area contributed by atoms with Gasteiger partial charge in [-0.15, -0.1) is 0 Å². The molecule has 0 atom stereocenters. The molecule has 1 saturated heterocycles. The fraction of sp³-hybridized carbons (Fsp3) is 0.824. The number of hydrogen-bond donors (Lipinski definition) is 2. The largest absolute Gasteiger partial charge is 0.356 e. The van der Waals surface area contributed by atoms with E-state index in [1.54, 1.807) is 0 Å². The molecule has 1 spiro atoms. The lowest BCUT2D eigenvalue weighted by Gasteiger charge is -2.19. The van der Waals surface area contributed by atoms with Crippen LogP contribution in [0.5, 0.6) is 0 Å². The van der Waals surface area contributed by atoms with Crippen LogP contribution in [-0.2, 0) is 9.59 Å². The predicted molar refractivity (Wildman–Crippen MR) is 87.8 cm³/mol. The van der Waals surface area contributed by atoms with Crippen LogP contribution in [0.3, 0.4) is 0 Å². The summed E-state index contributed by atoms with van der Waals surface area (Å²) in [6.45, 7) is 5.35. The fourth-order valence-corrected chi connectivity index (χ4v) is 3.42. The lowest BCUT2D eigenvalue weighted by Crippen LogP contribution is -2.44. The van der Waals surface area contributed by atoms with Crippen molar-refractivity contribution in [3.8, 4) is 0 Å².